The zero-order valence-electron chi connectivity index (χ0n) is 12.9. The number of nitrogens with one attached hydrogen (secondary N) is 2. The number of hydrogen-bond acceptors (Lipinski definition) is 7. The highest BCUT2D eigenvalue weighted by atomic mass is 16.5. The molecule has 0 aliphatic carbocycles. The van der Waals surface area contributed by atoms with E-state index in [-0.39, 0.29) is 0 Å². The van der Waals surface area contributed by atoms with Crippen molar-refractivity contribution in [2.24, 2.45) is 0 Å². The van der Waals surface area contributed by atoms with E-state index < -0.39 is 0 Å². The monoisotopic (exact) mass is 282 g/mol. The highest BCUT2D eigenvalue weighted by Crippen LogP contribution is 2.11. The maximum Gasteiger partial charge on any atom is 0.323 e. The van der Waals surface area contributed by atoms with Crippen molar-refractivity contribution < 1.29 is 4.74 Å². The van der Waals surface area contributed by atoms with E-state index in [1.807, 2.05) is 13.8 Å². The van der Waals surface area contributed by atoms with Gasteiger partial charge in [0.15, 0.2) is 0 Å². The molecule has 0 spiro atoms. The van der Waals surface area contributed by atoms with Crippen LogP contribution >= 0.6 is 0 Å². The lowest BCUT2D eigenvalue weighted by molar-refractivity contribution is 0.292. The molecule has 114 valence electrons. The molecule has 0 radical (unpaired) electrons. The molecular formula is C13H26N6O. The van der Waals surface area contributed by atoms with Gasteiger partial charge in [-0.1, -0.05) is 6.92 Å². The van der Waals surface area contributed by atoms with E-state index >= 15 is 0 Å². The summed E-state index contributed by atoms with van der Waals surface area (Å²) in [5.74, 6) is 1.10. The molecule has 1 heterocycles. The molecular weight excluding hydrogens is 256 g/mol. The Morgan fingerprint density at radius 3 is 2.35 bits per heavy atom. The Balaban J connectivity index is 2.60. The van der Waals surface area contributed by atoms with Crippen molar-refractivity contribution in [1.29, 1.82) is 0 Å². The standard InChI is InChI=1S/C13H26N6O/c1-5-10-20-13-17-11(14-6-2)16-12(18-13)15-8-7-9-19(3)4/h5-10H2,1-4H3,(H2,14,15,16,17,18). The molecule has 20 heavy (non-hydrogen) atoms. The van der Waals surface area contributed by atoms with Crippen LogP contribution in [-0.2, 0) is 0 Å². The number of anilines is 2. The van der Waals surface area contributed by atoms with Gasteiger partial charge in [0.1, 0.15) is 0 Å². The van der Waals surface area contributed by atoms with E-state index in [4.69, 9.17) is 4.74 Å². The van der Waals surface area contributed by atoms with E-state index in [0.717, 1.165) is 32.5 Å². The molecule has 0 unspecified atom stereocenters. The Labute approximate surface area is 121 Å². The highest BCUT2D eigenvalue weighted by Gasteiger charge is 2.06. The quantitative estimate of drug-likeness (QED) is 0.629. The second kappa shape index (κ2) is 9.30. The summed E-state index contributed by atoms with van der Waals surface area (Å²) < 4.78 is 5.48. The largest absolute Gasteiger partial charge is 0.463 e. The van der Waals surface area contributed by atoms with Crippen LogP contribution in [0.4, 0.5) is 11.9 Å². The maximum absolute atomic E-state index is 5.48. The lowest BCUT2D eigenvalue weighted by Crippen LogP contribution is -2.17. The number of nitrogens with zero attached hydrogens (tertiary/aromatic N) is 4. The fraction of sp³-hybridized carbons (Fsp3) is 0.769. The van der Waals surface area contributed by atoms with E-state index in [0.29, 0.717) is 24.5 Å². The molecule has 7 nitrogen and oxygen atoms in total. The summed E-state index contributed by atoms with van der Waals surface area (Å²) in [6.45, 7) is 7.26. The van der Waals surface area contributed by atoms with Gasteiger partial charge in [-0.2, -0.15) is 15.0 Å². The first kappa shape index (κ1) is 16.4. The maximum atomic E-state index is 5.48. The summed E-state index contributed by atoms with van der Waals surface area (Å²) in [6.07, 6.45) is 1.95. The average Bonchev–Trinajstić information content (AvgIpc) is 2.41. The Morgan fingerprint density at radius 1 is 1.05 bits per heavy atom. The second-order valence-corrected chi connectivity index (χ2v) is 4.73. The average molecular weight is 282 g/mol. The first-order chi connectivity index (χ1) is 9.65. The summed E-state index contributed by atoms with van der Waals surface area (Å²) in [5, 5.41) is 6.29. The van der Waals surface area contributed by atoms with Crippen LogP contribution in [-0.4, -0.2) is 60.2 Å². The van der Waals surface area contributed by atoms with Crippen LogP contribution in [0.3, 0.4) is 0 Å². The summed E-state index contributed by atoms with van der Waals surface area (Å²) in [6, 6.07) is 0.368. The molecule has 0 saturated carbocycles. The lowest BCUT2D eigenvalue weighted by Gasteiger charge is -2.11. The molecule has 0 aliphatic rings. The minimum absolute atomic E-state index is 0.368. The van der Waals surface area contributed by atoms with Crippen LogP contribution in [0.2, 0.25) is 0 Å². The van der Waals surface area contributed by atoms with Crippen molar-refractivity contribution in [1.82, 2.24) is 19.9 Å². The molecule has 0 aromatic carbocycles. The van der Waals surface area contributed by atoms with E-state index in [9.17, 15) is 0 Å². The number of ether oxygens (including phenoxy) is 1. The summed E-state index contributed by atoms with van der Waals surface area (Å²) in [5.41, 5.74) is 0. The molecule has 1 rings (SSSR count). The van der Waals surface area contributed by atoms with Crippen LogP contribution < -0.4 is 15.4 Å². The summed E-state index contributed by atoms with van der Waals surface area (Å²) in [4.78, 5) is 14.9. The molecule has 2 N–H and O–H groups in total. The lowest BCUT2D eigenvalue weighted by atomic mass is 10.4. The minimum Gasteiger partial charge on any atom is -0.463 e. The van der Waals surface area contributed by atoms with Crippen molar-refractivity contribution in [2.75, 3.05) is 51.0 Å². The van der Waals surface area contributed by atoms with Crippen LogP contribution in [0, 0.1) is 0 Å². The Kier molecular flexibility index (Phi) is 7.64. The molecule has 0 bridgehead atoms. The van der Waals surface area contributed by atoms with Crippen LogP contribution in [0.1, 0.15) is 26.7 Å². The zero-order chi connectivity index (χ0) is 14.8. The normalized spacial score (nSPS) is 10.7. The first-order valence-electron chi connectivity index (χ1n) is 7.17. The SMILES string of the molecule is CCCOc1nc(NCC)nc(NCCCN(C)C)n1. The Bertz CT molecular complexity index is 385. The molecule has 7 heteroatoms. The molecule has 0 amide bonds. The van der Waals surface area contributed by atoms with Crippen molar-refractivity contribution in [2.45, 2.75) is 26.7 Å². The van der Waals surface area contributed by atoms with Crippen LogP contribution in [0.15, 0.2) is 0 Å². The Hall–Kier alpha value is -1.63. The first-order valence-corrected chi connectivity index (χ1v) is 7.17. The number of rotatable bonds is 10. The zero-order valence-corrected chi connectivity index (χ0v) is 12.9. The molecule has 0 atom stereocenters. The van der Waals surface area contributed by atoms with Gasteiger partial charge < -0.3 is 20.3 Å². The van der Waals surface area contributed by atoms with Gasteiger partial charge in [-0.15, -0.1) is 0 Å². The van der Waals surface area contributed by atoms with E-state index in [1.54, 1.807) is 0 Å². The van der Waals surface area contributed by atoms with Crippen molar-refractivity contribution in [3.05, 3.63) is 0 Å². The fourth-order valence-electron chi connectivity index (χ4n) is 1.53. The third-order valence-electron chi connectivity index (χ3n) is 2.45. The fourth-order valence-corrected chi connectivity index (χ4v) is 1.53. The van der Waals surface area contributed by atoms with Gasteiger partial charge in [-0.05, 0) is 40.4 Å². The molecule has 0 aliphatic heterocycles. The minimum atomic E-state index is 0.368. The highest BCUT2D eigenvalue weighted by molar-refractivity contribution is 5.35. The predicted molar refractivity (Wildman–Crippen MR) is 81.4 cm³/mol. The van der Waals surface area contributed by atoms with Gasteiger partial charge in [0.25, 0.3) is 0 Å². The van der Waals surface area contributed by atoms with Gasteiger partial charge in [0.05, 0.1) is 6.61 Å². The van der Waals surface area contributed by atoms with Crippen LogP contribution in [0.5, 0.6) is 6.01 Å². The van der Waals surface area contributed by atoms with E-state index in [1.165, 1.54) is 0 Å². The van der Waals surface area contributed by atoms with Gasteiger partial charge in [0.2, 0.25) is 11.9 Å². The predicted octanol–water partition coefficient (Wildman–Crippen LogP) is 1.46. The van der Waals surface area contributed by atoms with Gasteiger partial charge in [-0.25, -0.2) is 0 Å². The second-order valence-electron chi connectivity index (χ2n) is 4.73. The third-order valence-corrected chi connectivity index (χ3v) is 2.45. The van der Waals surface area contributed by atoms with Crippen molar-refractivity contribution in [3.8, 4) is 6.01 Å². The molecule has 0 fully saturated rings. The molecule has 0 saturated heterocycles. The Morgan fingerprint density at radius 2 is 1.75 bits per heavy atom. The van der Waals surface area contributed by atoms with E-state index in [2.05, 4.69) is 44.6 Å². The smallest absolute Gasteiger partial charge is 0.323 e. The topological polar surface area (TPSA) is 75.2 Å². The van der Waals surface area contributed by atoms with Crippen molar-refractivity contribution in [3.63, 3.8) is 0 Å². The van der Waals surface area contributed by atoms with Crippen LogP contribution in [0.25, 0.3) is 0 Å². The van der Waals surface area contributed by atoms with Crippen molar-refractivity contribution >= 4 is 11.9 Å². The molecule has 1 aromatic rings. The summed E-state index contributed by atoms with van der Waals surface area (Å²) >= 11 is 0. The van der Waals surface area contributed by atoms with Gasteiger partial charge in [-0.3, -0.25) is 0 Å². The molecule has 1 aromatic heterocycles. The number of aromatic nitrogens is 3. The summed E-state index contributed by atoms with van der Waals surface area (Å²) in [7, 11) is 4.12. The van der Waals surface area contributed by atoms with Gasteiger partial charge in [0, 0.05) is 13.1 Å². The number of hydrogen-bond donors (Lipinski definition) is 2. The third kappa shape index (κ3) is 6.51. The van der Waals surface area contributed by atoms with Gasteiger partial charge >= 0.3 is 6.01 Å².